The monoisotopic (exact) mass is 258 g/mol. The van der Waals surface area contributed by atoms with Gasteiger partial charge in [0.1, 0.15) is 6.33 Å². The summed E-state index contributed by atoms with van der Waals surface area (Å²) >= 11 is 1.62. The number of aromatic nitrogens is 5. The maximum absolute atomic E-state index is 4.05. The topological polar surface area (TPSA) is 68.5 Å². The van der Waals surface area contributed by atoms with E-state index in [2.05, 4.69) is 25.8 Å². The maximum atomic E-state index is 4.05. The molecule has 1 aromatic carbocycles. The predicted molar refractivity (Wildman–Crippen MR) is 68.6 cm³/mol. The second-order valence-electron chi connectivity index (χ2n) is 3.59. The van der Waals surface area contributed by atoms with Crippen molar-refractivity contribution in [1.29, 1.82) is 0 Å². The lowest BCUT2D eigenvalue weighted by Crippen LogP contribution is -2.04. The number of nitrogens with one attached hydrogen (secondary N) is 1. The summed E-state index contributed by atoms with van der Waals surface area (Å²) in [6, 6.07) is 7.89. The van der Waals surface area contributed by atoms with E-state index in [1.54, 1.807) is 22.3 Å². The first-order chi connectivity index (χ1) is 8.93. The molecule has 0 radical (unpaired) electrons. The van der Waals surface area contributed by atoms with Crippen molar-refractivity contribution in [3.63, 3.8) is 0 Å². The molecule has 0 amide bonds. The summed E-state index contributed by atoms with van der Waals surface area (Å²) in [5.74, 6) is 0. The van der Waals surface area contributed by atoms with E-state index in [4.69, 9.17) is 0 Å². The zero-order chi connectivity index (χ0) is 12.2. The summed E-state index contributed by atoms with van der Waals surface area (Å²) in [5.41, 5.74) is 3.73. The normalized spacial score (nSPS) is 10.4. The van der Waals surface area contributed by atoms with Gasteiger partial charge in [0.05, 0.1) is 23.4 Å². The van der Waals surface area contributed by atoms with Crippen LogP contribution in [-0.2, 0) is 6.54 Å². The van der Waals surface area contributed by atoms with Gasteiger partial charge in [0.15, 0.2) is 0 Å². The third-order valence-corrected chi connectivity index (χ3v) is 3.22. The molecule has 1 N–H and O–H groups in total. The zero-order valence-electron chi connectivity index (χ0n) is 9.39. The molecule has 90 valence electrons. The van der Waals surface area contributed by atoms with Crippen LogP contribution in [0.15, 0.2) is 42.3 Å². The second-order valence-corrected chi connectivity index (χ2v) is 4.56. The van der Waals surface area contributed by atoms with Crippen LogP contribution in [0.4, 0.5) is 5.69 Å². The van der Waals surface area contributed by atoms with E-state index in [9.17, 15) is 0 Å². The van der Waals surface area contributed by atoms with Gasteiger partial charge in [0, 0.05) is 11.1 Å². The number of tetrazole rings is 1. The number of rotatable bonds is 4. The van der Waals surface area contributed by atoms with Crippen molar-refractivity contribution in [2.45, 2.75) is 6.54 Å². The minimum atomic E-state index is 0.740. The quantitative estimate of drug-likeness (QED) is 0.772. The van der Waals surface area contributed by atoms with Crippen molar-refractivity contribution in [2.24, 2.45) is 0 Å². The highest BCUT2D eigenvalue weighted by Crippen LogP contribution is 2.19. The van der Waals surface area contributed by atoms with Gasteiger partial charge < -0.3 is 5.32 Å². The molecule has 0 aliphatic rings. The largest absolute Gasteiger partial charge is 0.378 e. The molecule has 0 aliphatic heterocycles. The SMILES string of the molecule is c1ccc(-n2cnnn2)c(NCc2cncs2)c1. The summed E-state index contributed by atoms with van der Waals surface area (Å²) < 4.78 is 1.63. The Balaban J connectivity index is 1.84. The van der Waals surface area contributed by atoms with Crippen LogP contribution in [0.2, 0.25) is 0 Å². The van der Waals surface area contributed by atoms with Crippen LogP contribution < -0.4 is 5.32 Å². The van der Waals surface area contributed by atoms with Crippen LogP contribution in [0.1, 0.15) is 4.88 Å². The Morgan fingerprint density at radius 3 is 3.00 bits per heavy atom. The standard InChI is InChI=1S/C11H10N6S/c1-2-4-11(17-7-14-15-16-17)10(3-1)13-6-9-5-12-8-18-9/h1-5,7-8,13H,6H2. The molecule has 0 unspecified atom stereocenters. The lowest BCUT2D eigenvalue weighted by atomic mass is 10.2. The van der Waals surface area contributed by atoms with Gasteiger partial charge in [-0.15, -0.1) is 16.4 Å². The lowest BCUT2D eigenvalue weighted by molar-refractivity contribution is 0.789. The minimum absolute atomic E-state index is 0.740. The van der Waals surface area contributed by atoms with E-state index >= 15 is 0 Å². The number of hydrogen-bond acceptors (Lipinski definition) is 6. The van der Waals surface area contributed by atoms with Crippen molar-refractivity contribution in [3.05, 3.63) is 47.2 Å². The minimum Gasteiger partial charge on any atom is -0.378 e. The molecule has 2 aromatic heterocycles. The molecule has 0 saturated heterocycles. The number of para-hydroxylation sites is 2. The van der Waals surface area contributed by atoms with Crippen LogP contribution in [0, 0.1) is 0 Å². The van der Waals surface area contributed by atoms with Crippen LogP contribution in [0.5, 0.6) is 0 Å². The molecule has 0 aliphatic carbocycles. The van der Waals surface area contributed by atoms with Crippen molar-refractivity contribution < 1.29 is 0 Å². The van der Waals surface area contributed by atoms with Gasteiger partial charge in [-0.05, 0) is 22.6 Å². The van der Waals surface area contributed by atoms with Crippen LogP contribution >= 0.6 is 11.3 Å². The van der Waals surface area contributed by atoms with Crippen molar-refractivity contribution in [2.75, 3.05) is 5.32 Å². The lowest BCUT2D eigenvalue weighted by Gasteiger charge is -2.09. The van der Waals surface area contributed by atoms with E-state index in [0.717, 1.165) is 17.9 Å². The fourth-order valence-corrected chi connectivity index (χ4v) is 2.14. The molecule has 0 fully saturated rings. The number of hydrogen-bond donors (Lipinski definition) is 1. The first-order valence-electron chi connectivity index (χ1n) is 5.37. The van der Waals surface area contributed by atoms with E-state index in [1.807, 2.05) is 36.0 Å². The summed E-state index contributed by atoms with van der Waals surface area (Å²) in [5, 5.41) is 14.5. The average Bonchev–Trinajstić information content (AvgIpc) is 3.10. The van der Waals surface area contributed by atoms with E-state index < -0.39 is 0 Å². The fraction of sp³-hybridized carbons (Fsp3) is 0.0909. The Kier molecular flexibility index (Phi) is 2.97. The van der Waals surface area contributed by atoms with Crippen molar-refractivity contribution in [1.82, 2.24) is 25.2 Å². The van der Waals surface area contributed by atoms with Crippen LogP contribution in [0.25, 0.3) is 5.69 Å². The van der Waals surface area contributed by atoms with Gasteiger partial charge in [-0.2, -0.15) is 4.68 Å². The second kappa shape index (κ2) is 4.92. The molecule has 0 saturated carbocycles. The molecule has 18 heavy (non-hydrogen) atoms. The highest BCUT2D eigenvalue weighted by molar-refractivity contribution is 7.09. The van der Waals surface area contributed by atoms with Crippen molar-refractivity contribution >= 4 is 17.0 Å². The van der Waals surface area contributed by atoms with Gasteiger partial charge in [0.2, 0.25) is 0 Å². The van der Waals surface area contributed by atoms with Gasteiger partial charge >= 0.3 is 0 Å². The molecular formula is C11H10N6S. The highest BCUT2D eigenvalue weighted by atomic mass is 32.1. The van der Waals surface area contributed by atoms with Gasteiger partial charge in [0.25, 0.3) is 0 Å². The fourth-order valence-electron chi connectivity index (χ4n) is 1.61. The Morgan fingerprint density at radius 2 is 2.22 bits per heavy atom. The van der Waals surface area contributed by atoms with Crippen LogP contribution in [0.3, 0.4) is 0 Å². The predicted octanol–water partition coefficient (Wildman–Crippen LogP) is 1.73. The number of anilines is 1. The number of benzene rings is 1. The third kappa shape index (κ3) is 2.21. The summed E-state index contributed by atoms with van der Waals surface area (Å²) in [7, 11) is 0. The molecule has 0 spiro atoms. The van der Waals surface area contributed by atoms with E-state index in [1.165, 1.54) is 4.88 Å². The maximum Gasteiger partial charge on any atom is 0.143 e. The van der Waals surface area contributed by atoms with Gasteiger partial charge in [-0.1, -0.05) is 12.1 Å². The van der Waals surface area contributed by atoms with Crippen molar-refractivity contribution in [3.8, 4) is 5.69 Å². The first kappa shape index (κ1) is 10.8. The molecule has 0 bridgehead atoms. The van der Waals surface area contributed by atoms with Crippen LogP contribution in [-0.4, -0.2) is 25.2 Å². The molecule has 2 heterocycles. The Hall–Kier alpha value is -2.28. The van der Waals surface area contributed by atoms with E-state index in [0.29, 0.717) is 0 Å². The first-order valence-corrected chi connectivity index (χ1v) is 6.25. The molecule has 0 atom stereocenters. The van der Waals surface area contributed by atoms with Gasteiger partial charge in [-0.3, -0.25) is 4.98 Å². The molecule has 3 aromatic rings. The van der Waals surface area contributed by atoms with Gasteiger partial charge in [-0.25, -0.2) is 0 Å². The third-order valence-electron chi connectivity index (χ3n) is 2.44. The molecule has 3 rings (SSSR count). The Morgan fingerprint density at radius 1 is 1.28 bits per heavy atom. The smallest absolute Gasteiger partial charge is 0.143 e. The molecule has 6 nitrogen and oxygen atoms in total. The number of thiazole rings is 1. The summed E-state index contributed by atoms with van der Waals surface area (Å²) in [6.45, 7) is 0.740. The molecule has 7 heteroatoms. The zero-order valence-corrected chi connectivity index (χ0v) is 10.2. The van der Waals surface area contributed by atoms with E-state index in [-0.39, 0.29) is 0 Å². The Bertz CT molecular complexity index is 604. The Labute approximate surface area is 107 Å². The average molecular weight is 258 g/mol. The summed E-state index contributed by atoms with van der Waals surface area (Å²) in [4.78, 5) is 5.23. The number of nitrogens with zero attached hydrogens (tertiary/aromatic N) is 5. The molecular weight excluding hydrogens is 248 g/mol. The highest BCUT2D eigenvalue weighted by Gasteiger charge is 2.05. The summed E-state index contributed by atoms with van der Waals surface area (Å²) in [6.07, 6.45) is 3.44.